The Morgan fingerprint density at radius 1 is 0.784 bits per heavy atom. The van der Waals surface area contributed by atoms with Gasteiger partial charge in [0.1, 0.15) is 24.4 Å². The molecule has 37 heavy (non-hydrogen) atoms. The molecular formula is C24H47F3N2O8. The molecule has 0 heterocycles. The SMILES string of the molecule is CCCCCCCCCCCCN(C)CC(=O)N(C)C[C@H](O)[C@@H](O)[C@H](O)[C@H](O)CO.O=C(O)C(F)(F)F. The lowest BCUT2D eigenvalue weighted by Crippen LogP contribution is -2.50. The van der Waals surface area contributed by atoms with Gasteiger partial charge in [-0.25, -0.2) is 4.79 Å². The first-order valence-electron chi connectivity index (χ1n) is 12.7. The van der Waals surface area contributed by atoms with Crippen molar-refractivity contribution in [3.63, 3.8) is 0 Å². The van der Waals surface area contributed by atoms with Crippen LogP contribution in [0.5, 0.6) is 0 Å². The Bertz CT molecular complexity index is 599. The molecule has 0 fully saturated rings. The Morgan fingerprint density at radius 3 is 1.59 bits per heavy atom. The first-order valence-corrected chi connectivity index (χ1v) is 12.7. The van der Waals surface area contributed by atoms with Crippen LogP contribution in [0.3, 0.4) is 0 Å². The zero-order valence-electron chi connectivity index (χ0n) is 22.2. The molecule has 0 aromatic rings. The maximum Gasteiger partial charge on any atom is 0.490 e. The summed E-state index contributed by atoms with van der Waals surface area (Å²) < 4.78 is 31.7. The number of aliphatic hydroxyl groups is 5. The van der Waals surface area contributed by atoms with Crippen molar-refractivity contribution in [3.05, 3.63) is 0 Å². The van der Waals surface area contributed by atoms with Crippen molar-refractivity contribution in [1.82, 2.24) is 9.80 Å². The Kier molecular flexibility index (Phi) is 21.8. The van der Waals surface area contributed by atoms with Crippen LogP contribution in [-0.2, 0) is 9.59 Å². The van der Waals surface area contributed by atoms with Crippen LogP contribution in [0.2, 0.25) is 0 Å². The number of aliphatic carboxylic acids is 1. The van der Waals surface area contributed by atoms with E-state index in [9.17, 15) is 38.4 Å². The predicted molar refractivity (Wildman–Crippen MR) is 132 cm³/mol. The molecule has 0 saturated heterocycles. The van der Waals surface area contributed by atoms with Gasteiger partial charge in [-0.15, -0.1) is 0 Å². The molecule has 10 nitrogen and oxygen atoms in total. The fourth-order valence-corrected chi connectivity index (χ4v) is 3.35. The third kappa shape index (κ3) is 20.2. The van der Waals surface area contributed by atoms with Crippen molar-refractivity contribution in [1.29, 1.82) is 0 Å². The standard InChI is InChI=1S/C22H46N2O6.C2HF3O2/c1-4-5-6-7-8-9-10-11-12-13-14-23(2)16-20(28)24(3)15-18(26)21(29)22(30)19(27)17-25;3-2(4,5)1(6)7/h18-19,21-22,25-27,29-30H,4-17H2,1-3H3;(H,6,7)/t18-,19+,21+,22+;/m0./s1. The van der Waals surface area contributed by atoms with Crippen molar-refractivity contribution in [2.45, 2.75) is 102 Å². The number of carboxylic acid groups (broad SMARTS) is 1. The van der Waals surface area contributed by atoms with E-state index in [1.54, 1.807) is 0 Å². The number of unbranched alkanes of at least 4 members (excludes halogenated alkanes) is 9. The number of alkyl halides is 3. The normalized spacial score (nSPS) is 14.9. The molecule has 0 unspecified atom stereocenters. The highest BCUT2D eigenvalue weighted by molar-refractivity contribution is 5.78. The van der Waals surface area contributed by atoms with E-state index in [1.807, 2.05) is 11.9 Å². The van der Waals surface area contributed by atoms with Gasteiger partial charge in [-0.1, -0.05) is 64.7 Å². The lowest BCUT2D eigenvalue weighted by Gasteiger charge is -2.29. The number of amides is 1. The molecule has 0 radical (unpaired) electrons. The van der Waals surface area contributed by atoms with Gasteiger partial charge in [0, 0.05) is 13.6 Å². The zero-order chi connectivity index (χ0) is 29.0. The molecule has 0 aromatic carbocycles. The number of hydrogen-bond acceptors (Lipinski definition) is 8. The van der Waals surface area contributed by atoms with Crippen LogP contribution in [0, 0.1) is 0 Å². The summed E-state index contributed by atoms with van der Waals surface area (Å²) in [5, 5.41) is 54.7. The Labute approximate surface area is 217 Å². The lowest BCUT2D eigenvalue weighted by molar-refractivity contribution is -0.192. The smallest absolute Gasteiger partial charge is 0.475 e. The average Bonchev–Trinajstić information content (AvgIpc) is 2.83. The molecule has 222 valence electrons. The number of halogens is 3. The largest absolute Gasteiger partial charge is 0.490 e. The second kappa shape index (κ2) is 21.4. The third-order valence-corrected chi connectivity index (χ3v) is 5.75. The van der Waals surface area contributed by atoms with E-state index in [0.29, 0.717) is 0 Å². The van der Waals surface area contributed by atoms with Crippen LogP contribution >= 0.6 is 0 Å². The van der Waals surface area contributed by atoms with Crippen LogP contribution in [0.15, 0.2) is 0 Å². The molecule has 0 aliphatic carbocycles. The van der Waals surface area contributed by atoms with Crippen molar-refractivity contribution >= 4 is 11.9 Å². The summed E-state index contributed by atoms with van der Waals surface area (Å²) in [6.07, 6.45) is 1.23. The fraction of sp³-hybridized carbons (Fsp3) is 0.917. The molecule has 0 aromatic heterocycles. The minimum atomic E-state index is -5.08. The number of aliphatic hydroxyl groups excluding tert-OH is 5. The molecule has 6 N–H and O–H groups in total. The first-order chi connectivity index (χ1) is 17.2. The molecule has 0 bridgehead atoms. The summed E-state index contributed by atoms with van der Waals surface area (Å²) in [5.41, 5.74) is 0. The second-order valence-corrected chi connectivity index (χ2v) is 9.30. The number of rotatable bonds is 19. The van der Waals surface area contributed by atoms with E-state index >= 15 is 0 Å². The van der Waals surface area contributed by atoms with E-state index in [4.69, 9.17) is 15.0 Å². The Morgan fingerprint density at radius 2 is 1.19 bits per heavy atom. The van der Waals surface area contributed by atoms with Gasteiger partial charge < -0.3 is 35.5 Å². The Balaban J connectivity index is 0. The third-order valence-electron chi connectivity index (χ3n) is 5.75. The van der Waals surface area contributed by atoms with Crippen molar-refractivity contribution < 1.29 is 53.4 Å². The molecule has 0 aliphatic rings. The van der Waals surface area contributed by atoms with Gasteiger partial charge in [-0.2, -0.15) is 13.2 Å². The number of nitrogens with zero attached hydrogens (tertiary/aromatic N) is 2. The van der Waals surface area contributed by atoms with E-state index in [-0.39, 0.29) is 19.0 Å². The molecule has 0 rings (SSSR count). The van der Waals surface area contributed by atoms with Gasteiger partial charge in [0.05, 0.1) is 13.2 Å². The van der Waals surface area contributed by atoms with Crippen LogP contribution in [0.25, 0.3) is 0 Å². The zero-order valence-corrected chi connectivity index (χ0v) is 22.2. The summed E-state index contributed by atoms with van der Waals surface area (Å²) in [4.78, 5) is 24.4. The maximum absolute atomic E-state index is 12.3. The van der Waals surface area contributed by atoms with Crippen LogP contribution in [-0.4, -0.2) is 123 Å². The van der Waals surface area contributed by atoms with E-state index in [2.05, 4.69) is 6.92 Å². The number of carbonyl (C=O) groups is 2. The second-order valence-electron chi connectivity index (χ2n) is 9.30. The lowest BCUT2D eigenvalue weighted by atomic mass is 10.0. The van der Waals surface area contributed by atoms with E-state index < -0.39 is 43.2 Å². The summed E-state index contributed by atoms with van der Waals surface area (Å²) in [5.74, 6) is -2.96. The molecule has 0 spiro atoms. The summed E-state index contributed by atoms with van der Waals surface area (Å²) in [6.45, 7) is 2.35. The van der Waals surface area contributed by atoms with Crippen molar-refractivity contribution in [2.75, 3.05) is 40.3 Å². The maximum atomic E-state index is 12.3. The van der Waals surface area contributed by atoms with Crippen LogP contribution in [0.4, 0.5) is 13.2 Å². The summed E-state index contributed by atoms with van der Waals surface area (Å²) in [7, 11) is 3.40. The highest BCUT2D eigenvalue weighted by atomic mass is 19.4. The Hall–Kier alpha value is -1.51. The number of hydrogen-bond donors (Lipinski definition) is 6. The predicted octanol–water partition coefficient (Wildman–Crippen LogP) is 1.37. The average molecular weight is 549 g/mol. The highest BCUT2D eigenvalue weighted by Crippen LogP contribution is 2.13. The van der Waals surface area contributed by atoms with E-state index in [1.165, 1.54) is 63.3 Å². The molecule has 1 amide bonds. The molecule has 13 heteroatoms. The van der Waals surface area contributed by atoms with Gasteiger partial charge >= 0.3 is 12.1 Å². The minimum absolute atomic E-state index is 0.179. The minimum Gasteiger partial charge on any atom is -0.475 e. The highest BCUT2D eigenvalue weighted by Gasteiger charge is 2.38. The summed E-state index contributed by atoms with van der Waals surface area (Å²) >= 11 is 0. The van der Waals surface area contributed by atoms with Crippen molar-refractivity contribution in [2.24, 2.45) is 0 Å². The van der Waals surface area contributed by atoms with Crippen LogP contribution in [0.1, 0.15) is 71.1 Å². The summed E-state index contributed by atoms with van der Waals surface area (Å²) in [6, 6.07) is 0. The molecule has 0 aliphatic heterocycles. The monoisotopic (exact) mass is 548 g/mol. The van der Waals surface area contributed by atoms with Crippen LogP contribution < -0.4 is 0 Å². The number of likely N-dealkylation sites (N-methyl/N-ethyl adjacent to an activating group) is 2. The van der Waals surface area contributed by atoms with Gasteiger partial charge in [-0.3, -0.25) is 9.69 Å². The molecular weight excluding hydrogens is 501 g/mol. The van der Waals surface area contributed by atoms with Gasteiger partial charge in [-0.05, 0) is 20.0 Å². The number of carbonyl (C=O) groups excluding carboxylic acids is 1. The number of carboxylic acids is 1. The fourth-order valence-electron chi connectivity index (χ4n) is 3.35. The topological polar surface area (TPSA) is 162 Å². The first kappa shape index (κ1) is 37.6. The van der Waals surface area contributed by atoms with Gasteiger partial charge in [0.15, 0.2) is 0 Å². The molecule has 0 saturated carbocycles. The molecule has 4 atom stereocenters. The quantitative estimate of drug-likeness (QED) is 0.131. The van der Waals surface area contributed by atoms with E-state index in [0.717, 1.165) is 19.4 Å². The van der Waals surface area contributed by atoms with Gasteiger partial charge in [0.2, 0.25) is 5.91 Å². The van der Waals surface area contributed by atoms with Crippen molar-refractivity contribution in [3.8, 4) is 0 Å². The van der Waals surface area contributed by atoms with Gasteiger partial charge in [0.25, 0.3) is 0 Å².